The Balaban J connectivity index is 1.59. The molecule has 0 radical (unpaired) electrons. The van der Waals surface area contributed by atoms with Crippen LogP contribution in [0.25, 0.3) is 11.1 Å². The number of para-hydroxylation sites is 1. The summed E-state index contributed by atoms with van der Waals surface area (Å²) in [7, 11) is 0. The first-order chi connectivity index (χ1) is 17.1. The third-order valence-electron chi connectivity index (χ3n) is 5.76. The molecular formula is C28H28N2O5. The maximum absolute atomic E-state index is 13.8. The van der Waals surface area contributed by atoms with Gasteiger partial charge in [0.15, 0.2) is 0 Å². The van der Waals surface area contributed by atoms with Gasteiger partial charge in [0.2, 0.25) is 5.91 Å². The molecule has 4 rings (SSSR count). The van der Waals surface area contributed by atoms with Crippen LogP contribution >= 0.6 is 0 Å². The van der Waals surface area contributed by atoms with E-state index in [0.717, 1.165) is 22.4 Å². The molecule has 35 heavy (non-hydrogen) atoms. The Kier molecular flexibility index (Phi) is 7.90. The Morgan fingerprint density at radius 1 is 0.914 bits per heavy atom. The number of nitrogens with one attached hydrogen (secondary N) is 1. The van der Waals surface area contributed by atoms with Crippen molar-refractivity contribution in [3.63, 3.8) is 0 Å². The molecule has 1 aliphatic rings. The summed E-state index contributed by atoms with van der Waals surface area (Å²) in [5.41, 5.74) is 4.21. The van der Waals surface area contributed by atoms with E-state index < -0.39 is 24.3 Å². The number of anilines is 1. The average Bonchev–Trinajstić information content (AvgIpc) is 2.96. The normalized spacial score (nSPS) is 14.5. The molecule has 7 heteroatoms. The first kappa shape index (κ1) is 24.2. The topological polar surface area (TPSA) is 84.9 Å². The Morgan fingerprint density at radius 2 is 1.60 bits per heavy atom. The fourth-order valence-corrected chi connectivity index (χ4v) is 4.18. The quantitative estimate of drug-likeness (QED) is 0.289. The van der Waals surface area contributed by atoms with Crippen molar-refractivity contribution in [3.8, 4) is 11.1 Å². The van der Waals surface area contributed by atoms with Gasteiger partial charge < -0.3 is 19.7 Å². The van der Waals surface area contributed by atoms with Crippen molar-refractivity contribution >= 4 is 23.5 Å². The fraction of sp³-hybridized carbons (Fsp3) is 0.250. The zero-order valence-electron chi connectivity index (χ0n) is 19.6. The molecule has 0 aromatic heterocycles. The van der Waals surface area contributed by atoms with Crippen molar-refractivity contribution in [1.29, 1.82) is 0 Å². The van der Waals surface area contributed by atoms with Gasteiger partial charge in [0, 0.05) is 12.1 Å². The lowest BCUT2D eigenvalue weighted by Gasteiger charge is -2.26. The molecule has 1 N–H and O–H groups in total. The van der Waals surface area contributed by atoms with E-state index in [1.54, 1.807) is 11.8 Å². The molecule has 1 atom stereocenters. The van der Waals surface area contributed by atoms with Crippen molar-refractivity contribution in [2.75, 3.05) is 24.7 Å². The highest BCUT2D eigenvalue weighted by Gasteiger charge is 2.35. The Bertz CT molecular complexity index is 1190. The molecule has 0 saturated carbocycles. The minimum atomic E-state index is -0.949. The van der Waals surface area contributed by atoms with Gasteiger partial charge in [-0.1, -0.05) is 72.8 Å². The molecule has 3 aromatic rings. The molecule has 0 spiro atoms. The summed E-state index contributed by atoms with van der Waals surface area (Å²) in [4.78, 5) is 40.0. The van der Waals surface area contributed by atoms with Crippen LogP contribution in [0.15, 0.2) is 78.9 Å². The molecular weight excluding hydrogens is 444 g/mol. The third kappa shape index (κ3) is 5.75. The van der Waals surface area contributed by atoms with Crippen LogP contribution in [0, 0.1) is 0 Å². The maximum Gasteiger partial charge on any atom is 0.315 e. The zero-order chi connectivity index (χ0) is 24.6. The summed E-state index contributed by atoms with van der Waals surface area (Å²) in [5.74, 6) is -1.49. The number of ether oxygens (including phenoxy) is 2. The smallest absolute Gasteiger partial charge is 0.315 e. The fourth-order valence-electron chi connectivity index (χ4n) is 4.18. The van der Waals surface area contributed by atoms with E-state index in [9.17, 15) is 14.4 Å². The minimum absolute atomic E-state index is 0.184. The molecule has 0 bridgehead atoms. The monoisotopic (exact) mass is 472 g/mol. The highest BCUT2D eigenvalue weighted by Crippen LogP contribution is 2.40. The number of rotatable bonds is 9. The lowest BCUT2D eigenvalue weighted by Crippen LogP contribution is -2.44. The number of hydrogen-bond acceptors (Lipinski definition) is 5. The van der Waals surface area contributed by atoms with Gasteiger partial charge >= 0.3 is 5.97 Å². The van der Waals surface area contributed by atoms with Crippen LogP contribution in [-0.4, -0.2) is 37.5 Å². The highest BCUT2D eigenvalue weighted by atomic mass is 16.5. The van der Waals surface area contributed by atoms with Gasteiger partial charge in [-0.25, -0.2) is 0 Å². The lowest BCUT2D eigenvalue weighted by atomic mass is 9.95. The Labute approximate surface area is 204 Å². The van der Waals surface area contributed by atoms with Crippen LogP contribution in [0.3, 0.4) is 0 Å². The summed E-state index contributed by atoms with van der Waals surface area (Å²) in [5, 5.41) is 2.76. The second-order valence-corrected chi connectivity index (χ2v) is 8.11. The first-order valence-corrected chi connectivity index (χ1v) is 11.6. The molecule has 0 aliphatic carbocycles. The van der Waals surface area contributed by atoms with E-state index in [0.29, 0.717) is 25.3 Å². The number of hydrogen-bond donors (Lipinski definition) is 1. The summed E-state index contributed by atoms with van der Waals surface area (Å²) < 4.78 is 10.7. The SMILES string of the molecule is CCOC(=O)CC(=O)N[C@@H]1C(=O)N(CCOCc2ccccc2)c2ccccc2-c2ccccc21. The van der Waals surface area contributed by atoms with E-state index in [1.165, 1.54) is 0 Å². The molecule has 180 valence electrons. The first-order valence-electron chi connectivity index (χ1n) is 11.6. The van der Waals surface area contributed by atoms with Gasteiger partial charge in [-0.05, 0) is 29.7 Å². The van der Waals surface area contributed by atoms with Gasteiger partial charge in [0.25, 0.3) is 5.91 Å². The van der Waals surface area contributed by atoms with Crippen LogP contribution in [0.4, 0.5) is 5.69 Å². The molecule has 7 nitrogen and oxygen atoms in total. The van der Waals surface area contributed by atoms with Gasteiger partial charge in [0.05, 0.1) is 25.5 Å². The van der Waals surface area contributed by atoms with Crippen molar-refractivity contribution < 1.29 is 23.9 Å². The molecule has 0 fully saturated rings. The summed E-state index contributed by atoms with van der Waals surface area (Å²) >= 11 is 0. The molecule has 3 aromatic carbocycles. The number of nitrogens with zero attached hydrogens (tertiary/aromatic N) is 1. The summed E-state index contributed by atoms with van der Waals surface area (Å²) in [6, 6.07) is 24.0. The second kappa shape index (κ2) is 11.4. The van der Waals surface area contributed by atoms with Crippen LogP contribution in [0.1, 0.15) is 30.5 Å². The van der Waals surface area contributed by atoms with Gasteiger partial charge in [-0.3, -0.25) is 14.4 Å². The van der Waals surface area contributed by atoms with Crippen LogP contribution in [0.5, 0.6) is 0 Å². The lowest BCUT2D eigenvalue weighted by molar-refractivity contribution is -0.146. The molecule has 2 amide bonds. The molecule has 0 saturated heterocycles. The average molecular weight is 473 g/mol. The predicted molar refractivity (Wildman–Crippen MR) is 132 cm³/mol. The van der Waals surface area contributed by atoms with Crippen molar-refractivity contribution in [3.05, 3.63) is 90.0 Å². The van der Waals surface area contributed by atoms with E-state index in [-0.39, 0.29) is 12.5 Å². The van der Waals surface area contributed by atoms with E-state index in [2.05, 4.69) is 5.32 Å². The predicted octanol–water partition coefficient (Wildman–Crippen LogP) is 4.03. The number of esters is 1. The van der Waals surface area contributed by atoms with Crippen molar-refractivity contribution in [1.82, 2.24) is 5.32 Å². The number of carbonyl (C=O) groups excluding carboxylic acids is 3. The number of carbonyl (C=O) groups is 3. The number of benzene rings is 3. The third-order valence-corrected chi connectivity index (χ3v) is 5.76. The van der Waals surface area contributed by atoms with Crippen LogP contribution < -0.4 is 10.2 Å². The number of amides is 2. The molecule has 1 heterocycles. The summed E-state index contributed by atoms with van der Waals surface area (Å²) in [6.45, 7) is 2.92. The van der Waals surface area contributed by atoms with E-state index >= 15 is 0 Å². The molecule has 1 aliphatic heterocycles. The number of fused-ring (bicyclic) bond motifs is 3. The van der Waals surface area contributed by atoms with Crippen molar-refractivity contribution in [2.24, 2.45) is 0 Å². The second-order valence-electron chi connectivity index (χ2n) is 8.11. The van der Waals surface area contributed by atoms with E-state index in [1.807, 2.05) is 78.9 Å². The van der Waals surface area contributed by atoms with Crippen molar-refractivity contribution in [2.45, 2.75) is 26.0 Å². The minimum Gasteiger partial charge on any atom is -0.466 e. The van der Waals surface area contributed by atoms with Gasteiger partial charge in [-0.2, -0.15) is 0 Å². The maximum atomic E-state index is 13.8. The standard InChI is InChI=1S/C28H28N2O5/c1-2-35-26(32)18-25(31)29-27-23-14-7-6-12-21(23)22-13-8-9-15-24(22)30(28(27)33)16-17-34-19-20-10-4-3-5-11-20/h3-15,27H,2,16-19H2,1H3,(H,29,31)/t27-/m0/s1. The highest BCUT2D eigenvalue weighted by molar-refractivity contribution is 6.07. The van der Waals surface area contributed by atoms with E-state index in [4.69, 9.17) is 9.47 Å². The van der Waals surface area contributed by atoms with Gasteiger partial charge in [0.1, 0.15) is 12.5 Å². The Hall–Kier alpha value is -3.97. The van der Waals surface area contributed by atoms with Crippen LogP contribution in [-0.2, 0) is 30.5 Å². The largest absolute Gasteiger partial charge is 0.466 e. The Morgan fingerprint density at radius 3 is 2.37 bits per heavy atom. The summed E-state index contributed by atoms with van der Waals surface area (Å²) in [6.07, 6.45) is -0.451. The van der Waals surface area contributed by atoms with Gasteiger partial charge in [-0.15, -0.1) is 0 Å². The zero-order valence-corrected chi connectivity index (χ0v) is 19.6. The van der Waals surface area contributed by atoms with Crippen LogP contribution in [0.2, 0.25) is 0 Å². The molecule has 0 unspecified atom stereocenters.